The number of fused-ring (bicyclic) bond motifs is 1. The fourth-order valence-electron chi connectivity index (χ4n) is 3.88. The lowest BCUT2D eigenvalue weighted by atomic mass is 9.77. The van der Waals surface area contributed by atoms with E-state index in [0.717, 1.165) is 12.1 Å². The Morgan fingerprint density at radius 3 is 2.85 bits per heavy atom. The van der Waals surface area contributed by atoms with Crippen molar-refractivity contribution in [3.63, 3.8) is 0 Å². The molecule has 4 rings (SSSR count). The van der Waals surface area contributed by atoms with Gasteiger partial charge in [0.1, 0.15) is 11.2 Å². The summed E-state index contributed by atoms with van der Waals surface area (Å²) in [5.74, 6) is 1.06. The molecule has 2 aromatic rings. The molecule has 20 heavy (non-hydrogen) atoms. The fraction of sp³-hybridized carbons (Fsp3) is 0.688. The van der Waals surface area contributed by atoms with Gasteiger partial charge in [-0.1, -0.05) is 20.3 Å². The van der Waals surface area contributed by atoms with Crippen molar-refractivity contribution in [2.75, 3.05) is 0 Å². The summed E-state index contributed by atoms with van der Waals surface area (Å²) >= 11 is 1.83. The van der Waals surface area contributed by atoms with Crippen molar-refractivity contribution in [2.24, 2.45) is 11.3 Å². The smallest absolute Gasteiger partial charge is 0.120 e. The Morgan fingerprint density at radius 2 is 2.20 bits per heavy atom. The SMILES string of the molecule is CC1(C)CCCC1C(O)c1c(C2CC2)sc2cncn12. The zero-order valence-corrected chi connectivity index (χ0v) is 13.0. The highest BCUT2D eigenvalue weighted by atomic mass is 32.1. The number of hydrogen-bond donors (Lipinski definition) is 1. The van der Waals surface area contributed by atoms with E-state index in [2.05, 4.69) is 23.2 Å². The second kappa shape index (κ2) is 4.31. The van der Waals surface area contributed by atoms with E-state index in [4.69, 9.17) is 0 Å². The van der Waals surface area contributed by atoms with E-state index in [1.807, 2.05) is 23.9 Å². The van der Waals surface area contributed by atoms with Gasteiger partial charge in [-0.3, -0.25) is 4.40 Å². The molecule has 0 radical (unpaired) electrons. The summed E-state index contributed by atoms with van der Waals surface area (Å²) in [6, 6.07) is 0. The first-order chi connectivity index (χ1) is 9.58. The van der Waals surface area contributed by atoms with Crippen LogP contribution >= 0.6 is 11.3 Å². The maximum Gasteiger partial charge on any atom is 0.120 e. The highest BCUT2D eigenvalue weighted by molar-refractivity contribution is 7.17. The van der Waals surface area contributed by atoms with Gasteiger partial charge in [0.15, 0.2) is 0 Å². The molecule has 4 heteroatoms. The molecule has 2 saturated carbocycles. The van der Waals surface area contributed by atoms with E-state index in [1.165, 1.54) is 35.4 Å². The topological polar surface area (TPSA) is 37.5 Å². The van der Waals surface area contributed by atoms with Crippen LogP contribution in [0.25, 0.3) is 4.83 Å². The van der Waals surface area contributed by atoms with Crippen molar-refractivity contribution >= 4 is 16.2 Å². The number of hydrogen-bond acceptors (Lipinski definition) is 3. The van der Waals surface area contributed by atoms with Crippen LogP contribution in [0.2, 0.25) is 0 Å². The van der Waals surface area contributed by atoms with Crippen molar-refractivity contribution in [1.82, 2.24) is 9.38 Å². The highest BCUT2D eigenvalue weighted by Crippen LogP contribution is 2.53. The molecule has 0 spiro atoms. The van der Waals surface area contributed by atoms with Gasteiger partial charge in [-0.05, 0) is 42.9 Å². The predicted octanol–water partition coefficient (Wildman–Crippen LogP) is 4.13. The summed E-state index contributed by atoms with van der Waals surface area (Å²) in [7, 11) is 0. The molecule has 2 aliphatic rings. The van der Waals surface area contributed by atoms with Crippen LogP contribution in [-0.2, 0) is 0 Å². The van der Waals surface area contributed by atoms with E-state index in [-0.39, 0.29) is 11.5 Å². The minimum atomic E-state index is -0.342. The minimum absolute atomic E-state index is 0.245. The molecule has 2 aliphatic carbocycles. The maximum atomic E-state index is 11.1. The first-order valence-corrected chi connectivity index (χ1v) is 8.52. The monoisotopic (exact) mass is 290 g/mol. The van der Waals surface area contributed by atoms with Crippen molar-refractivity contribution in [1.29, 1.82) is 0 Å². The van der Waals surface area contributed by atoms with Gasteiger partial charge >= 0.3 is 0 Å². The third-order valence-electron chi connectivity index (χ3n) is 5.28. The third kappa shape index (κ3) is 1.85. The summed E-state index contributed by atoms with van der Waals surface area (Å²) in [4.78, 5) is 6.84. The van der Waals surface area contributed by atoms with E-state index < -0.39 is 0 Å². The van der Waals surface area contributed by atoms with Crippen LogP contribution in [-0.4, -0.2) is 14.5 Å². The van der Waals surface area contributed by atoms with Crippen LogP contribution < -0.4 is 0 Å². The predicted molar refractivity (Wildman–Crippen MR) is 81.1 cm³/mol. The largest absolute Gasteiger partial charge is 0.387 e. The van der Waals surface area contributed by atoms with Gasteiger partial charge in [0.2, 0.25) is 0 Å². The molecule has 108 valence electrons. The zero-order valence-electron chi connectivity index (χ0n) is 12.2. The Kier molecular flexibility index (Phi) is 2.77. The number of nitrogens with zero attached hydrogens (tertiary/aromatic N) is 2. The summed E-state index contributed by atoms with van der Waals surface area (Å²) in [6.07, 6.45) is 9.63. The molecular formula is C16H22N2OS. The number of aliphatic hydroxyl groups is 1. The molecule has 2 aromatic heterocycles. The Morgan fingerprint density at radius 1 is 1.40 bits per heavy atom. The van der Waals surface area contributed by atoms with E-state index in [0.29, 0.717) is 11.8 Å². The molecular weight excluding hydrogens is 268 g/mol. The maximum absolute atomic E-state index is 11.1. The second-order valence-corrected chi connectivity index (χ2v) is 8.22. The van der Waals surface area contributed by atoms with Gasteiger partial charge in [-0.2, -0.15) is 0 Å². The molecule has 2 fully saturated rings. The van der Waals surface area contributed by atoms with Crippen LogP contribution in [0.15, 0.2) is 12.5 Å². The van der Waals surface area contributed by atoms with Gasteiger partial charge in [0.25, 0.3) is 0 Å². The molecule has 0 aromatic carbocycles. The summed E-state index contributed by atoms with van der Waals surface area (Å²) in [5, 5.41) is 11.1. The van der Waals surface area contributed by atoms with Crippen LogP contribution in [0.5, 0.6) is 0 Å². The van der Waals surface area contributed by atoms with E-state index >= 15 is 0 Å². The van der Waals surface area contributed by atoms with Gasteiger partial charge in [-0.15, -0.1) is 11.3 Å². The first-order valence-electron chi connectivity index (χ1n) is 7.70. The molecule has 1 N–H and O–H groups in total. The number of aromatic nitrogens is 2. The number of rotatable bonds is 3. The third-order valence-corrected chi connectivity index (χ3v) is 6.55. The van der Waals surface area contributed by atoms with Crippen molar-refractivity contribution in [3.05, 3.63) is 23.1 Å². The quantitative estimate of drug-likeness (QED) is 0.922. The Bertz CT molecular complexity index is 638. The first kappa shape index (κ1) is 12.8. The van der Waals surface area contributed by atoms with Gasteiger partial charge in [0.05, 0.1) is 18.0 Å². The van der Waals surface area contributed by atoms with E-state index in [9.17, 15) is 5.11 Å². The number of imidazole rings is 1. The summed E-state index contributed by atoms with van der Waals surface area (Å²) in [6.45, 7) is 4.62. The average Bonchev–Trinajstić information content (AvgIpc) is 2.87. The lowest BCUT2D eigenvalue weighted by Crippen LogP contribution is -2.25. The molecule has 2 unspecified atom stereocenters. The number of aliphatic hydroxyl groups excluding tert-OH is 1. The summed E-state index contributed by atoms with van der Waals surface area (Å²) < 4.78 is 2.14. The van der Waals surface area contributed by atoms with Gasteiger partial charge < -0.3 is 5.11 Å². The van der Waals surface area contributed by atoms with Gasteiger partial charge in [-0.25, -0.2) is 4.98 Å². The normalized spacial score (nSPS) is 27.2. The standard InChI is InChI=1S/C16H22N2OS/c1-16(2)7-3-4-11(16)14(19)13-15(10-5-6-10)20-12-8-17-9-18(12)13/h8-11,14,19H,3-7H2,1-2H3. The highest BCUT2D eigenvalue weighted by Gasteiger charge is 2.42. The Balaban J connectivity index is 1.80. The number of thiazole rings is 1. The van der Waals surface area contributed by atoms with Crippen molar-refractivity contribution in [3.8, 4) is 0 Å². The zero-order chi connectivity index (χ0) is 13.9. The van der Waals surface area contributed by atoms with Gasteiger partial charge in [0, 0.05) is 4.88 Å². The molecule has 0 bridgehead atoms. The Labute approximate surface area is 123 Å². The van der Waals surface area contributed by atoms with Crippen molar-refractivity contribution in [2.45, 2.75) is 58.0 Å². The molecule has 0 amide bonds. The lowest BCUT2D eigenvalue weighted by Gasteiger charge is -2.31. The Hall–Kier alpha value is -0.870. The molecule has 3 nitrogen and oxygen atoms in total. The molecule has 2 atom stereocenters. The minimum Gasteiger partial charge on any atom is -0.387 e. The summed E-state index contributed by atoms with van der Waals surface area (Å²) in [5.41, 5.74) is 1.39. The van der Waals surface area contributed by atoms with Crippen molar-refractivity contribution < 1.29 is 5.11 Å². The average molecular weight is 290 g/mol. The lowest BCUT2D eigenvalue weighted by molar-refractivity contribution is 0.0488. The van der Waals surface area contributed by atoms with Crippen LogP contribution in [0, 0.1) is 11.3 Å². The molecule has 0 saturated heterocycles. The molecule has 0 aliphatic heterocycles. The second-order valence-electron chi connectivity index (χ2n) is 7.16. The molecule has 2 heterocycles. The van der Waals surface area contributed by atoms with E-state index in [1.54, 1.807) is 0 Å². The fourth-order valence-corrected chi connectivity index (χ4v) is 5.19. The van der Waals surface area contributed by atoms with Crippen LogP contribution in [0.4, 0.5) is 0 Å². The van der Waals surface area contributed by atoms with Crippen LogP contribution in [0.1, 0.15) is 68.5 Å². The van der Waals surface area contributed by atoms with Crippen LogP contribution in [0.3, 0.4) is 0 Å².